The molecule has 1 aromatic heterocycles. The summed E-state index contributed by atoms with van der Waals surface area (Å²) in [5.74, 6) is 0.608. The summed E-state index contributed by atoms with van der Waals surface area (Å²) < 4.78 is 0.839. The van der Waals surface area contributed by atoms with E-state index in [0.29, 0.717) is 11.8 Å². The van der Waals surface area contributed by atoms with E-state index in [1.165, 1.54) is 28.7 Å². The number of benzene rings is 1. The number of hydrogen-bond acceptors (Lipinski definition) is 7. The van der Waals surface area contributed by atoms with E-state index < -0.39 is 0 Å². The molecule has 0 unspecified atom stereocenters. The van der Waals surface area contributed by atoms with E-state index in [4.69, 9.17) is 0 Å². The molecule has 26 heavy (non-hydrogen) atoms. The zero-order valence-electron chi connectivity index (χ0n) is 15.2. The maximum atomic E-state index is 12.5. The summed E-state index contributed by atoms with van der Waals surface area (Å²) in [6.07, 6.45) is 0. The maximum Gasteiger partial charge on any atom is 0.233 e. The van der Waals surface area contributed by atoms with Crippen LogP contribution in [0.3, 0.4) is 0 Å². The highest BCUT2D eigenvalue weighted by Gasteiger charge is 2.24. The highest BCUT2D eigenvalue weighted by Crippen LogP contribution is 2.26. The smallest absolute Gasteiger partial charge is 0.233 e. The zero-order chi connectivity index (χ0) is 18.4. The Kier molecular flexibility index (Phi) is 6.87. The molecule has 1 aromatic carbocycles. The fourth-order valence-corrected chi connectivity index (χ4v) is 4.73. The maximum absolute atomic E-state index is 12.5. The number of thioether (sulfide) groups is 1. The zero-order valence-corrected chi connectivity index (χ0v) is 16.9. The van der Waals surface area contributed by atoms with Gasteiger partial charge in [0.25, 0.3) is 0 Å². The summed E-state index contributed by atoms with van der Waals surface area (Å²) in [4.78, 5) is 16.9. The van der Waals surface area contributed by atoms with E-state index in [-0.39, 0.29) is 5.91 Å². The van der Waals surface area contributed by atoms with Gasteiger partial charge in [-0.2, -0.15) is 0 Å². The second kappa shape index (κ2) is 9.34. The number of carbonyl (C=O) groups excluding carboxylic acids is 1. The Balaban J connectivity index is 1.44. The summed E-state index contributed by atoms with van der Waals surface area (Å²) >= 11 is 2.97. The van der Waals surface area contributed by atoms with Crippen LogP contribution in [0.2, 0.25) is 0 Å². The van der Waals surface area contributed by atoms with Gasteiger partial charge in [-0.25, -0.2) is 0 Å². The monoisotopic (exact) mass is 391 g/mol. The van der Waals surface area contributed by atoms with Crippen LogP contribution in [0, 0.1) is 0 Å². The van der Waals surface area contributed by atoms with Crippen molar-refractivity contribution in [2.24, 2.45) is 0 Å². The third-order valence-corrected chi connectivity index (χ3v) is 6.55. The number of aromatic nitrogens is 2. The number of anilines is 1. The minimum Gasteiger partial charge on any atom is -0.360 e. The molecule has 6 nitrogen and oxygen atoms in total. The van der Waals surface area contributed by atoms with Gasteiger partial charge in [0, 0.05) is 38.8 Å². The van der Waals surface area contributed by atoms with Crippen molar-refractivity contribution in [2.45, 2.75) is 24.2 Å². The predicted octanol–water partition coefficient (Wildman–Crippen LogP) is 2.97. The van der Waals surface area contributed by atoms with Crippen molar-refractivity contribution < 1.29 is 4.79 Å². The normalized spacial score (nSPS) is 16.5. The SMILES string of the molecule is CCNc1nnc(SCC(=O)N2CCN([C@H](C)c3ccccc3)CC2)s1. The van der Waals surface area contributed by atoms with Crippen LogP contribution >= 0.6 is 23.1 Å². The van der Waals surface area contributed by atoms with Crippen molar-refractivity contribution >= 4 is 34.1 Å². The number of rotatable bonds is 7. The fourth-order valence-electron chi connectivity index (χ4n) is 3.01. The first kappa shape index (κ1) is 19.1. The Labute approximate surface area is 163 Å². The number of nitrogens with zero attached hydrogens (tertiary/aromatic N) is 4. The molecule has 1 amide bonds. The van der Waals surface area contributed by atoms with Gasteiger partial charge in [0.05, 0.1) is 5.75 Å². The first-order valence-electron chi connectivity index (χ1n) is 8.94. The minimum atomic E-state index is 0.183. The summed E-state index contributed by atoms with van der Waals surface area (Å²) in [5.41, 5.74) is 1.33. The second-order valence-corrected chi connectivity index (χ2v) is 8.40. The van der Waals surface area contributed by atoms with E-state index >= 15 is 0 Å². The number of amides is 1. The van der Waals surface area contributed by atoms with Crippen molar-refractivity contribution in [1.82, 2.24) is 20.0 Å². The summed E-state index contributed by atoms with van der Waals surface area (Å²) in [6.45, 7) is 8.48. The molecule has 1 aliphatic heterocycles. The fraction of sp³-hybridized carbons (Fsp3) is 0.500. The lowest BCUT2D eigenvalue weighted by molar-refractivity contribution is -0.130. The van der Waals surface area contributed by atoms with Crippen molar-refractivity contribution in [3.05, 3.63) is 35.9 Å². The van der Waals surface area contributed by atoms with Gasteiger partial charge in [-0.3, -0.25) is 9.69 Å². The molecule has 0 bridgehead atoms. The first-order chi connectivity index (χ1) is 12.7. The largest absolute Gasteiger partial charge is 0.360 e. The summed E-state index contributed by atoms with van der Waals surface area (Å²) in [7, 11) is 0. The lowest BCUT2D eigenvalue weighted by Crippen LogP contribution is -2.49. The predicted molar refractivity (Wildman–Crippen MR) is 108 cm³/mol. The van der Waals surface area contributed by atoms with E-state index in [0.717, 1.165) is 42.2 Å². The molecule has 1 saturated heterocycles. The van der Waals surface area contributed by atoms with Crippen LogP contribution in [0.15, 0.2) is 34.7 Å². The summed E-state index contributed by atoms with van der Waals surface area (Å²) in [5, 5.41) is 12.1. The average molecular weight is 392 g/mol. The van der Waals surface area contributed by atoms with Crippen molar-refractivity contribution in [3.8, 4) is 0 Å². The number of carbonyl (C=O) groups is 1. The molecular weight excluding hydrogens is 366 g/mol. The minimum absolute atomic E-state index is 0.183. The average Bonchev–Trinajstić information content (AvgIpc) is 3.14. The second-order valence-electron chi connectivity index (χ2n) is 6.20. The van der Waals surface area contributed by atoms with E-state index in [2.05, 4.69) is 51.6 Å². The first-order valence-corrected chi connectivity index (χ1v) is 10.7. The van der Waals surface area contributed by atoms with E-state index in [1.54, 1.807) is 0 Å². The molecule has 3 rings (SSSR count). The Morgan fingerprint density at radius 1 is 1.23 bits per heavy atom. The third-order valence-electron chi connectivity index (χ3n) is 4.55. The standard InChI is InChI=1S/C18H25N5OS2/c1-3-19-17-20-21-18(26-17)25-13-16(24)23-11-9-22(10-12-23)14(2)15-7-5-4-6-8-15/h4-8,14H,3,9-13H2,1-2H3,(H,19,20)/t14-/m1/s1. The molecule has 8 heteroatoms. The van der Waals surface area contributed by atoms with Crippen LogP contribution in [0.1, 0.15) is 25.5 Å². The van der Waals surface area contributed by atoms with E-state index in [1.807, 2.05) is 17.9 Å². The molecule has 1 aliphatic rings. The molecule has 2 heterocycles. The van der Waals surface area contributed by atoms with Gasteiger partial charge < -0.3 is 10.2 Å². The molecule has 1 atom stereocenters. The molecule has 2 aromatic rings. The Bertz CT molecular complexity index is 701. The van der Waals surface area contributed by atoms with E-state index in [9.17, 15) is 4.79 Å². The van der Waals surface area contributed by atoms with Crippen molar-refractivity contribution in [2.75, 3.05) is 43.8 Å². The van der Waals surface area contributed by atoms with Crippen LogP contribution in [0.4, 0.5) is 5.13 Å². The van der Waals surface area contributed by atoms with Crippen LogP contribution in [0.5, 0.6) is 0 Å². The van der Waals surface area contributed by atoms with Crippen LogP contribution < -0.4 is 5.32 Å². The van der Waals surface area contributed by atoms with Gasteiger partial charge in [0.2, 0.25) is 11.0 Å². The van der Waals surface area contributed by atoms with Crippen LogP contribution in [-0.4, -0.2) is 64.4 Å². The van der Waals surface area contributed by atoms with Crippen molar-refractivity contribution in [3.63, 3.8) is 0 Å². The molecule has 0 aliphatic carbocycles. The molecular formula is C18H25N5OS2. The van der Waals surface area contributed by atoms with Crippen LogP contribution in [-0.2, 0) is 4.79 Å². The number of hydrogen-bond donors (Lipinski definition) is 1. The van der Waals surface area contributed by atoms with Gasteiger partial charge in [0.1, 0.15) is 0 Å². The molecule has 1 fully saturated rings. The van der Waals surface area contributed by atoms with Gasteiger partial charge in [-0.1, -0.05) is 53.4 Å². The van der Waals surface area contributed by atoms with Gasteiger partial charge in [-0.05, 0) is 19.4 Å². The van der Waals surface area contributed by atoms with Gasteiger partial charge in [-0.15, -0.1) is 10.2 Å². The molecule has 0 spiro atoms. The lowest BCUT2D eigenvalue weighted by Gasteiger charge is -2.38. The van der Waals surface area contributed by atoms with Crippen molar-refractivity contribution in [1.29, 1.82) is 0 Å². The molecule has 1 N–H and O–H groups in total. The molecule has 140 valence electrons. The van der Waals surface area contributed by atoms with Crippen LogP contribution in [0.25, 0.3) is 0 Å². The topological polar surface area (TPSA) is 61.4 Å². The summed E-state index contributed by atoms with van der Waals surface area (Å²) in [6, 6.07) is 10.9. The third kappa shape index (κ3) is 4.96. The molecule has 0 saturated carbocycles. The Morgan fingerprint density at radius 3 is 2.65 bits per heavy atom. The Hall–Kier alpha value is -1.64. The highest BCUT2D eigenvalue weighted by atomic mass is 32.2. The Morgan fingerprint density at radius 2 is 1.96 bits per heavy atom. The number of piperazine rings is 1. The quantitative estimate of drug-likeness (QED) is 0.732. The molecule has 0 radical (unpaired) electrons. The van der Waals surface area contributed by atoms with Gasteiger partial charge in [0.15, 0.2) is 4.34 Å². The van der Waals surface area contributed by atoms with Gasteiger partial charge >= 0.3 is 0 Å². The number of nitrogens with one attached hydrogen (secondary N) is 1. The highest BCUT2D eigenvalue weighted by molar-refractivity contribution is 8.01. The lowest BCUT2D eigenvalue weighted by atomic mass is 10.1.